The fourth-order valence-electron chi connectivity index (χ4n) is 8.21. The van der Waals surface area contributed by atoms with Crippen molar-refractivity contribution in [1.82, 2.24) is 19.4 Å². The molecule has 0 radical (unpaired) electrons. The number of esters is 1. The zero-order valence-electron chi connectivity index (χ0n) is 35.1. The Bertz CT molecular complexity index is 1890. The van der Waals surface area contributed by atoms with Crippen molar-refractivity contribution in [1.29, 1.82) is 0 Å². The van der Waals surface area contributed by atoms with Gasteiger partial charge in [0.05, 0.1) is 17.8 Å². The SMILES string of the molecule is CC(=O)OC(C)C(=O)N(C[C@@H]1C(C(C)(C)C)N(C(=O)O)C[C@H]1O[Si](C)(C)C(C)(C)C)[C@@H](c1nc(-c2cc(F)ccc2F)cn1Cc1ccccc1)C1CCOCC1. The Kier molecular flexibility index (Phi) is 13.4. The number of carbonyl (C=O) groups excluding carboxylic acids is 2. The molecule has 5 atom stereocenters. The smallest absolute Gasteiger partial charge is 0.407 e. The van der Waals surface area contributed by atoms with Gasteiger partial charge in [-0.15, -0.1) is 0 Å². The summed E-state index contributed by atoms with van der Waals surface area (Å²) in [5.74, 6) is -2.68. The highest BCUT2D eigenvalue weighted by atomic mass is 28.4. The van der Waals surface area contributed by atoms with Crippen LogP contribution in [0.4, 0.5) is 13.6 Å². The minimum Gasteiger partial charge on any atom is -0.465 e. The first-order valence-corrected chi connectivity index (χ1v) is 22.8. The lowest BCUT2D eigenvalue weighted by Gasteiger charge is -2.45. The molecule has 2 aliphatic rings. The minimum absolute atomic E-state index is 0.0246. The van der Waals surface area contributed by atoms with Crippen molar-refractivity contribution in [3.8, 4) is 11.3 Å². The maximum atomic E-state index is 15.5. The van der Waals surface area contributed by atoms with Crippen molar-refractivity contribution in [3.63, 3.8) is 0 Å². The van der Waals surface area contributed by atoms with E-state index in [0.29, 0.717) is 38.4 Å². The van der Waals surface area contributed by atoms with E-state index in [1.54, 1.807) is 11.1 Å². The van der Waals surface area contributed by atoms with E-state index in [1.165, 1.54) is 18.7 Å². The predicted octanol–water partition coefficient (Wildman–Crippen LogP) is 8.54. The number of hydrogen-bond acceptors (Lipinski definition) is 7. The maximum absolute atomic E-state index is 15.5. The zero-order chi connectivity index (χ0) is 42.0. The highest BCUT2D eigenvalue weighted by Crippen LogP contribution is 2.46. The minimum atomic E-state index is -2.50. The van der Waals surface area contributed by atoms with Gasteiger partial charge < -0.3 is 33.4 Å². The number of hydrogen-bond donors (Lipinski definition) is 1. The van der Waals surface area contributed by atoms with Crippen LogP contribution in [0.15, 0.2) is 54.7 Å². The van der Waals surface area contributed by atoms with E-state index >= 15 is 9.18 Å². The Hall–Kier alpha value is -4.14. The van der Waals surface area contributed by atoms with Crippen LogP contribution in [0.1, 0.15) is 85.7 Å². The first-order valence-electron chi connectivity index (χ1n) is 19.9. The lowest BCUT2D eigenvalue weighted by molar-refractivity contribution is -0.161. The highest BCUT2D eigenvalue weighted by molar-refractivity contribution is 6.74. The first-order chi connectivity index (χ1) is 26.6. The summed E-state index contributed by atoms with van der Waals surface area (Å²) >= 11 is 0. The predicted molar refractivity (Wildman–Crippen MR) is 216 cm³/mol. The third kappa shape index (κ3) is 10.1. The Morgan fingerprint density at radius 2 is 1.68 bits per heavy atom. The summed E-state index contributed by atoms with van der Waals surface area (Å²) in [7, 11) is -2.50. The number of carboxylic acid groups (broad SMARTS) is 1. The quantitative estimate of drug-likeness (QED) is 0.143. The number of imidazole rings is 1. The summed E-state index contributed by atoms with van der Waals surface area (Å²) in [5, 5.41) is 10.5. The molecule has 2 fully saturated rings. The van der Waals surface area contributed by atoms with Gasteiger partial charge in [-0.1, -0.05) is 71.9 Å². The molecule has 2 unspecified atom stereocenters. The summed E-state index contributed by atoms with van der Waals surface area (Å²) in [6, 6.07) is 11.5. The van der Waals surface area contributed by atoms with Gasteiger partial charge in [0.25, 0.3) is 5.91 Å². The molecule has 57 heavy (non-hydrogen) atoms. The fourth-order valence-corrected chi connectivity index (χ4v) is 9.57. The molecule has 2 aliphatic heterocycles. The number of aromatic nitrogens is 2. The second-order valence-electron chi connectivity index (χ2n) is 18.2. The molecular weight excluding hydrogens is 751 g/mol. The molecule has 3 aromatic rings. The van der Waals surface area contributed by atoms with Crippen molar-refractivity contribution < 1.29 is 42.2 Å². The molecule has 0 bridgehead atoms. The summed E-state index contributed by atoms with van der Waals surface area (Å²) in [6.07, 6.45) is -0.0517. The Labute approximate surface area is 336 Å². The Morgan fingerprint density at radius 3 is 2.26 bits per heavy atom. The van der Waals surface area contributed by atoms with Crippen molar-refractivity contribution in [2.24, 2.45) is 17.3 Å². The summed E-state index contributed by atoms with van der Waals surface area (Å²) in [5.41, 5.74) is 0.513. The van der Waals surface area contributed by atoms with Crippen LogP contribution in [0.5, 0.6) is 0 Å². The number of likely N-dealkylation sites (tertiary alicyclic amines) is 1. The van der Waals surface area contributed by atoms with E-state index in [1.807, 2.05) is 55.7 Å². The molecule has 2 aromatic carbocycles. The average molecular weight is 811 g/mol. The third-order valence-corrected chi connectivity index (χ3v) is 16.4. The van der Waals surface area contributed by atoms with Crippen molar-refractivity contribution >= 4 is 26.3 Å². The van der Waals surface area contributed by atoms with E-state index < -0.39 is 73.5 Å². The van der Waals surface area contributed by atoms with E-state index in [9.17, 15) is 19.1 Å². The van der Waals surface area contributed by atoms with Crippen LogP contribution >= 0.6 is 0 Å². The monoisotopic (exact) mass is 810 g/mol. The van der Waals surface area contributed by atoms with Gasteiger partial charge in [-0.25, -0.2) is 18.6 Å². The van der Waals surface area contributed by atoms with E-state index in [2.05, 4.69) is 33.9 Å². The number of benzene rings is 2. The largest absolute Gasteiger partial charge is 0.465 e. The van der Waals surface area contributed by atoms with Crippen molar-refractivity contribution in [3.05, 3.63) is 77.8 Å². The van der Waals surface area contributed by atoms with Crippen LogP contribution in [0.3, 0.4) is 0 Å². The number of rotatable bonds is 12. The van der Waals surface area contributed by atoms with Crippen LogP contribution in [0.2, 0.25) is 18.1 Å². The standard InChI is InChI=1S/C43H60F2N4O7Si/c1-27(55-28(2)50)40(51)48(24-33-36(56-57(9,10)43(6,7)8)26-49(41(52)53)38(33)42(3,4)5)37(30-18-20-54-21-19-30)39-46-35(32-22-31(44)16-17-34(32)45)25-47(39)23-29-14-12-11-13-15-29/h11-17,22,25,27,30,33,36-38H,18-21,23-24,26H2,1-10H3,(H,52,53)/t27?,33-,36+,37+,38?/m0/s1. The topological polar surface area (TPSA) is 123 Å². The van der Waals surface area contributed by atoms with E-state index in [0.717, 1.165) is 23.8 Å². The fraction of sp³-hybridized carbons (Fsp3) is 0.581. The zero-order valence-corrected chi connectivity index (χ0v) is 36.1. The van der Waals surface area contributed by atoms with Crippen LogP contribution in [0.25, 0.3) is 11.3 Å². The molecule has 312 valence electrons. The van der Waals surface area contributed by atoms with Gasteiger partial charge in [0.1, 0.15) is 17.5 Å². The van der Waals surface area contributed by atoms with Crippen LogP contribution in [0, 0.1) is 28.9 Å². The second kappa shape index (κ2) is 17.4. The van der Waals surface area contributed by atoms with E-state index in [-0.39, 0.29) is 35.3 Å². The molecule has 1 N–H and O–H groups in total. The lowest BCUT2D eigenvalue weighted by Crippen LogP contribution is -2.54. The lowest BCUT2D eigenvalue weighted by atomic mass is 9.78. The van der Waals surface area contributed by atoms with Gasteiger partial charge in [0.2, 0.25) is 0 Å². The van der Waals surface area contributed by atoms with Gasteiger partial charge in [-0.3, -0.25) is 9.59 Å². The molecule has 0 saturated carbocycles. The van der Waals surface area contributed by atoms with Crippen LogP contribution in [-0.4, -0.2) is 95.3 Å². The second-order valence-corrected chi connectivity index (χ2v) is 22.9. The summed E-state index contributed by atoms with van der Waals surface area (Å²) < 4.78 is 50.5. The molecule has 5 rings (SSSR count). The molecule has 11 nitrogen and oxygen atoms in total. The van der Waals surface area contributed by atoms with Gasteiger partial charge >= 0.3 is 12.1 Å². The Balaban J connectivity index is 1.76. The molecule has 14 heteroatoms. The van der Waals surface area contributed by atoms with Gasteiger partial charge in [-0.05, 0) is 73.0 Å². The van der Waals surface area contributed by atoms with Crippen LogP contribution < -0.4 is 0 Å². The molecule has 1 aromatic heterocycles. The summed E-state index contributed by atoms with van der Waals surface area (Å²) in [6.45, 7) is 20.7. The normalized spacial score (nSPS) is 20.6. The molecule has 2 saturated heterocycles. The molecular formula is C43H60F2N4O7Si. The third-order valence-electron chi connectivity index (χ3n) is 11.9. The van der Waals surface area contributed by atoms with Crippen LogP contribution in [-0.2, 0) is 30.0 Å². The number of amides is 2. The number of halogens is 2. The molecule has 0 spiro atoms. The first kappa shape index (κ1) is 44.0. The van der Waals surface area contributed by atoms with E-state index in [4.69, 9.17) is 18.9 Å². The maximum Gasteiger partial charge on any atom is 0.407 e. The number of ether oxygens (including phenoxy) is 2. The molecule has 2 amide bonds. The highest BCUT2D eigenvalue weighted by Gasteiger charge is 2.54. The average Bonchev–Trinajstić information content (AvgIpc) is 3.70. The van der Waals surface area contributed by atoms with Crippen molar-refractivity contribution in [2.45, 2.75) is 117 Å². The van der Waals surface area contributed by atoms with Gasteiger partial charge in [0, 0.05) is 63.5 Å². The molecule has 3 heterocycles. The van der Waals surface area contributed by atoms with Crippen molar-refractivity contribution in [2.75, 3.05) is 26.3 Å². The number of carbonyl (C=O) groups is 3. The van der Waals surface area contributed by atoms with Gasteiger partial charge in [-0.2, -0.15) is 0 Å². The molecule has 0 aliphatic carbocycles. The number of nitrogens with zero attached hydrogens (tertiary/aromatic N) is 4. The van der Waals surface area contributed by atoms with Gasteiger partial charge in [0.15, 0.2) is 14.4 Å². The Morgan fingerprint density at radius 1 is 1.04 bits per heavy atom. The summed E-state index contributed by atoms with van der Waals surface area (Å²) in [4.78, 5) is 48.7.